The lowest BCUT2D eigenvalue weighted by Crippen LogP contribution is -2.24. The van der Waals surface area contributed by atoms with Crippen LogP contribution in [0.15, 0.2) is 15.9 Å². The molecule has 16 heavy (non-hydrogen) atoms. The van der Waals surface area contributed by atoms with Crippen LogP contribution in [0.4, 0.5) is 0 Å². The van der Waals surface area contributed by atoms with E-state index in [9.17, 15) is 0 Å². The van der Waals surface area contributed by atoms with E-state index >= 15 is 0 Å². The van der Waals surface area contributed by atoms with Gasteiger partial charge in [-0.1, -0.05) is 13.3 Å². The van der Waals surface area contributed by atoms with E-state index in [2.05, 4.69) is 46.5 Å². The number of thiophene rings is 1. The molecule has 1 heterocycles. The SMILES string of the molecule is CC1CCC(CNC(C)c2cc(Br)cs2)C1. The Kier molecular flexibility index (Phi) is 4.45. The van der Waals surface area contributed by atoms with Crippen LogP contribution in [0.5, 0.6) is 0 Å². The second-order valence-electron chi connectivity index (χ2n) is 5.08. The zero-order valence-electron chi connectivity index (χ0n) is 10.0. The predicted octanol–water partition coefficient (Wildman–Crippen LogP) is 4.60. The molecule has 0 bridgehead atoms. The maximum absolute atomic E-state index is 3.66. The number of nitrogens with one attached hydrogen (secondary N) is 1. The van der Waals surface area contributed by atoms with Gasteiger partial charge >= 0.3 is 0 Å². The minimum absolute atomic E-state index is 0.493. The molecule has 0 aliphatic heterocycles. The third-order valence-electron chi connectivity index (χ3n) is 3.53. The zero-order valence-corrected chi connectivity index (χ0v) is 12.4. The molecular formula is C13H20BrNS. The highest BCUT2D eigenvalue weighted by molar-refractivity contribution is 9.10. The van der Waals surface area contributed by atoms with Crippen LogP contribution in [0.1, 0.15) is 44.0 Å². The molecule has 1 fully saturated rings. The summed E-state index contributed by atoms with van der Waals surface area (Å²) in [5.74, 6) is 1.85. The van der Waals surface area contributed by atoms with E-state index in [1.54, 1.807) is 0 Å². The first kappa shape index (κ1) is 12.6. The Labute approximate surface area is 111 Å². The van der Waals surface area contributed by atoms with Crippen molar-refractivity contribution in [3.63, 3.8) is 0 Å². The van der Waals surface area contributed by atoms with E-state index < -0.39 is 0 Å². The maximum Gasteiger partial charge on any atom is 0.0386 e. The van der Waals surface area contributed by atoms with Gasteiger partial charge in [-0.2, -0.15) is 0 Å². The highest BCUT2D eigenvalue weighted by Crippen LogP contribution is 2.31. The Balaban J connectivity index is 1.77. The highest BCUT2D eigenvalue weighted by atomic mass is 79.9. The molecule has 3 unspecified atom stereocenters. The van der Waals surface area contributed by atoms with E-state index in [1.807, 2.05) is 11.3 Å². The van der Waals surface area contributed by atoms with Gasteiger partial charge in [-0.15, -0.1) is 11.3 Å². The van der Waals surface area contributed by atoms with Gasteiger partial charge in [0.2, 0.25) is 0 Å². The quantitative estimate of drug-likeness (QED) is 0.857. The first-order chi connectivity index (χ1) is 7.65. The van der Waals surface area contributed by atoms with E-state index in [1.165, 1.54) is 35.2 Å². The molecule has 1 saturated carbocycles. The number of halogens is 1. The van der Waals surface area contributed by atoms with Gasteiger partial charge in [-0.3, -0.25) is 0 Å². The van der Waals surface area contributed by atoms with Gasteiger partial charge < -0.3 is 5.32 Å². The van der Waals surface area contributed by atoms with Gasteiger partial charge in [0.05, 0.1) is 0 Å². The van der Waals surface area contributed by atoms with Gasteiger partial charge in [0.15, 0.2) is 0 Å². The minimum atomic E-state index is 0.493. The first-order valence-corrected chi connectivity index (χ1v) is 7.79. The van der Waals surface area contributed by atoms with Gasteiger partial charge in [0.25, 0.3) is 0 Å². The summed E-state index contributed by atoms with van der Waals surface area (Å²) in [5, 5.41) is 5.82. The van der Waals surface area contributed by atoms with Crippen molar-refractivity contribution in [1.29, 1.82) is 0 Å². The predicted molar refractivity (Wildman–Crippen MR) is 74.9 cm³/mol. The van der Waals surface area contributed by atoms with E-state index in [-0.39, 0.29) is 0 Å². The smallest absolute Gasteiger partial charge is 0.0386 e. The van der Waals surface area contributed by atoms with Crippen LogP contribution in [-0.2, 0) is 0 Å². The fourth-order valence-electron chi connectivity index (χ4n) is 2.51. The molecule has 0 amide bonds. The molecule has 1 N–H and O–H groups in total. The fourth-order valence-corrected chi connectivity index (χ4v) is 3.99. The number of rotatable bonds is 4. The van der Waals surface area contributed by atoms with Crippen molar-refractivity contribution in [3.05, 3.63) is 20.8 Å². The van der Waals surface area contributed by atoms with Crippen molar-refractivity contribution in [2.45, 2.75) is 39.2 Å². The Morgan fingerprint density at radius 3 is 2.94 bits per heavy atom. The van der Waals surface area contributed by atoms with Gasteiger partial charge in [-0.25, -0.2) is 0 Å². The van der Waals surface area contributed by atoms with E-state index in [4.69, 9.17) is 0 Å². The Morgan fingerprint density at radius 2 is 2.38 bits per heavy atom. The standard InChI is InChI=1S/C13H20BrNS/c1-9-3-4-11(5-9)7-15-10(2)13-6-12(14)8-16-13/h6,8-11,15H,3-5,7H2,1-2H3. The van der Waals surface area contributed by atoms with Crippen LogP contribution in [-0.4, -0.2) is 6.54 Å². The molecule has 1 aromatic rings. The fraction of sp³-hybridized carbons (Fsp3) is 0.692. The molecular weight excluding hydrogens is 282 g/mol. The van der Waals surface area contributed by atoms with Crippen LogP contribution < -0.4 is 5.32 Å². The molecule has 1 aliphatic carbocycles. The summed E-state index contributed by atoms with van der Waals surface area (Å²) >= 11 is 5.34. The van der Waals surface area contributed by atoms with Crippen LogP contribution in [0.25, 0.3) is 0 Å². The first-order valence-electron chi connectivity index (χ1n) is 6.12. The second kappa shape index (κ2) is 5.65. The van der Waals surface area contributed by atoms with Crippen LogP contribution >= 0.6 is 27.3 Å². The second-order valence-corrected chi connectivity index (χ2v) is 6.94. The summed E-state index contributed by atoms with van der Waals surface area (Å²) in [6.45, 7) is 5.82. The van der Waals surface area contributed by atoms with Crippen molar-refractivity contribution in [3.8, 4) is 0 Å². The van der Waals surface area contributed by atoms with Crippen LogP contribution in [0.3, 0.4) is 0 Å². The molecule has 0 aromatic carbocycles. The highest BCUT2D eigenvalue weighted by Gasteiger charge is 2.21. The van der Waals surface area contributed by atoms with Crippen molar-refractivity contribution < 1.29 is 0 Å². The lowest BCUT2D eigenvalue weighted by atomic mass is 10.1. The largest absolute Gasteiger partial charge is 0.309 e. The van der Waals surface area contributed by atoms with Crippen molar-refractivity contribution in [1.82, 2.24) is 5.32 Å². The molecule has 0 radical (unpaired) electrons. The number of hydrogen-bond acceptors (Lipinski definition) is 2. The van der Waals surface area contributed by atoms with Crippen LogP contribution in [0, 0.1) is 11.8 Å². The van der Waals surface area contributed by atoms with Crippen LogP contribution in [0.2, 0.25) is 0 Å². The summed E-state index contributed by atoms with van der Waals surface area (Å²) in [6, 6.07) is 2.71. The Bertz CT molecular complexity index is 336. The average Bonchev–Trinajstić information content (AvgIpc) is 2.84. The maximum atomic E-state index is 3.66. The normalized spacial score (nSPS) is 27.2. The van der Waals surface area contributed by atoms with Gasteiger partial charge in [-0.05, 0) is 60.1 Å². The lowest BCUT2D eigenvalue weighted by Gasteiger charge is -2.16. The molecule has 0 spiro atoms. The van der Waals surface area contributed by atoms with Crippen molar-refractivity contribution >= 4 is 27.3 Å². The molecule has 1 aliphatic rings. The number of hydrogen-bond donors (Lipinski definition) is 1. The molecule has 0 saturated heterocycles. The Morgan fingerprint density at radius 1 is 1.56 bits per heavy atom. The molecule has 1 aromatic heterocycles. The van der Waals surface area contributed by atoms with Gasteiger partial charge in [0, 0.05) is 20.8 Å². The molecule has 3 heteroatoms. The lowest BCUT2D eigenvalue weighted by molar-refractivity contribution is 0.442. The molecule has 2 rings (SSSR count). The molecule has 3 atom stereocenters. The van der Waals surface area contributed by atoms with E-state index in [0.717, 1.165) is 11.8 Å². The van der Waals surface area contributed by atoms with E-state index in [0.29, 0.717) is 6.04 Å². The summed E-state index contributed by atoms with van der Waals surface area (Å²) in [5.41, 5.74) is 0. The minimum Gasteiger partial charge on any atom is -0.309 e. The molecule has 90 valence electrons. The third-order valence-corrected chi connectivity index (χ3v) is 5.41. The topological polar surface area (TPSA) is 12.0 Å². The van der Waals surface area contributed by atoms with Crippen molar-refractivity contribution in [2.24, 2.45) is 11.8 Å². The Hall–Kier alpha value is 0.140. The summed E-state index contributed by atoms with van der Waals surface area (Å²) in [6.07, 6.45) is 4.24. The average molecular weight is 302 g/mol. The van der Waals surface area contributed by atoms with Crippen molar-refractivity contribution in [2.75, 3.05) is 6.54 Å². The third kappa shape index (κ3) is 3.31. The van der Waals surface area contributed by atoms with Gasteiger partial charge in [0.1, 0.15) is 0 Å². The summed E-state index contributed by atoms with van der Waals surface area (Å²) in [4.78, 5) is 1.43. The zero-order chi connectivity index (χ0) is 11.5. The molecule has 1 nitrogen and oxygen atoms in total. The monoisotopic (exact) mass is 301 g/mol. The summed E-state index contributed by atoms with van der Waals surface area (Å²) in [7, 11) is 0. The summed E-state index contributed by atoms with van der Waals surface area (Å²) < 4.78 is 1.20.